The Labute approximate surface area is 154 Å². The van der Waals surface area contributed by atoms with Gasteiger partial charge in [-0.05, 0) is 48.9 Å². The van der Waals surface area contributed by atoms with E-state index in [1.165, 1.54) is 12.1 Å². The van der Waals surface area contributed by atoms with Crippen LogP contribution in [-0.2, 0) is 4.79 Å². The molecule has 2 heterocycles. The minimum Gasteiger partial charge on any atom is -0.339 e. The van der Waals surface area contributed by atoms with Crippen LogP contribution in [0, 0.1) is 12.7 Å². The number of benzene rings is 2. The fraction of sp³-hybridized carbons (Fsp3) is 0.211. The van der Waals surface area contributed by atoms with Crippen molar-refractivity contribution in [2.45, 2.75) is 19.3 Å². The van der Waals surface area contributed by atoms with Crippen LogP contribution >= 0.6 is 11.6 Å². The molecule has 132 valence electrons. The number of amides is 1. The van der Waals surface area contributed by atoms with E-state index < -0.39 is 0 Å². The van der Waals surface area contributed by atoms with Crippen LogP contribution in [0.15, 0.2) is 47.0 Å². The molecule has 0 aliphatic carbocycles. The molecule has 1 unspecified atom stereocenters. The van der Waals surface area contributed by atoms with E-state index >= 15 is 0 Å². The molecule has 7 heteroatoms. The molecular weight excluding hydrogens is 357 g/mol. The second kappa shape index (κ2) is 6.53. The van der Waals surface area contributed by atoms with Gasteiger partial charge in [0, 0.05) is 29.2 Å². The smallest absolute Gasteiger partial charge is 0.232 e. The van der Waals surface area contributed by atoms with Crippen molar-refractivity contribution in [2.24, 2.45) is 0 Å². The Kier molecular flexibility index (Phi) is 4.20. The monoisotopic (exact) mass is 371 g/mol. The van der Waals surface area contributed by atoms with Crippen LogP contribution in [0.1, 0.15) is 23.8 Å². The third-order valence-corrected chi connectivity index (χ3v) is 4.89. The van der Waals surface area contributed by atoms with E-state index in [1.54, 1.807) is 23.1 Å². The maximum atomic E-state index is 13.0. The van der Waals surface area contributed by atoms with Crippen molar-refractivity contribution in [1.29, 1.82) is 0 Å². The Morgan fingerprint density at radius 2 is 2.00 bits per heavy atom. The van der Waals surface area contributed by atoms with Crippen LogP contribution in [0.25, 0.3) is 11.4 Å². The highest BCUT2D eigenvalue weighted by atomic mass is 35.5. The first-order valence-electron chi connectivity index (χ1n) is 8.17. The van der Waals surface area contributed by atoms with E-state index in [4.69, 9.17) is 16.1 Å². The third kappa shape index (κ3) is 3.08. The van der Waals surface area contributed by atoms with Gasteiger partial charge in [-0.15, -0.1) is 0 Å². The van der Waals surface area contributed by atoms with Gasteiger partial charge in [0.2, 0.25) is 17.6 Å². The van der Waals surface area contributed by atoms with E-state index in [0.29, 0.717) is 28.8 Å². The van der Waals surface area contributed by atoms with E-state index in [1.807, 2.05) is 19.1 Å². The van der Waals surface area contributed by atoms with Gasteiger partial charge in [-0.25, -0.2) is 4.39 Å². The second-order valence-corrected chi connectivity index (χ2v) is 6.71. The van der Waals surface area contributed by atoms with Gasteiger partial charge in [0.25, 0.3) is 0 Å². The van der Waals surface area contributed by atoms with Crippen LogP contribution in [-0.4, -0.2) is 22.6 Å². The van der Waals surface area contributed by atoms with Gasteiger partial charge in [0.1, 0.15) is 5.82 Å². The SMILES string of the molecule is Cc1ccc(N2CC(c3nc(-c4ccc(F)cc4)no3)CC2=O)cc1Cl. The fourth-order valence-electron chi connectivity index (χ4n) is 2.99. The predicted octanol–water partition coefficient (Wildman–Crippen LogP) is 4.36. The molecule has 1 atom stereocenters. The zero-order valence-corrected chi connectivity index (χ0v) is 14.7. The van der Waals surface area contributed by atoms with Crippen molar-refractivity contribution in [3.8, 4) is 11.4 Å². The van der Waals surface area contributed by atoms with Crippen LogP contribution < -0.4 is 4.90 Å². The van der Waals surface area contributed by atoms with Crippen LogP contribution in [0.2, 0.25) is 5.02 Å². The summed E-state index contributed by atoms with van der Waals surface area (Å²) >= 11 is 6.17. The lowest BCUT2D eigenvalue weighted by atomic mass is 10.1. The molecular formula is C19H15ClFN3O2. The summed E-state index contributed by atoms with van der Waals surface area (Å²) < 4.78 is 18.4. The topological polar surface area (TPSA) is 59.2 Å². The number of carbonyl (C=O) groups excluding carboxylic acids is 1. The Morgan fingerprint density at radius 3 is 2.73 bits per heavy atom. The number of halogens is 2. The van der Waals surface area contributed by atoms with Gasteiger partial charge in [-0.1, -0.05) is 22.8 Å². The molecule has 0 N–H and O–H groups in total. The Morgan fingerprint density at radius 1 is 1.23 bits per heavy atom. The van der Waals surface area contributed by atoms with Gasteiger partial charge in [-0.3, -0.25) is 4.79 Å². The zero-order valence-electron chi connectivity index (χ0n) is 13.9. The van der Waals surface area contributed by atoms with E-state index in [-0.39, 0.29) is 24.1 Å². The highest BCUT2D eigenvalue weighted by molar-refractivity contribution is 6.31. The predicted molar refractivity (Wildman–Crippen MR) is 95.6 cm³/mol. The summed E-state index contributed by atoms with van der Waals surface area (Å²) in [6.07, 6.45) is 0.288. The molecule has 0 radical (unpaired) electrons. The summed E-state index contributed by atoms with van der Waals surface area (Å²) in [4.78, 5) is 18.5. The number of hydrogen-bond donors (Lipinski definition) is 0. The van der Waals surface area contributed by atoms with Gasteiger partial charge < -0.3 is 9.42 Å². The summed E-state index contributed by atoms with van der Waals surface area (Å²) in [5, 5.41) is 4.57. The van der Waals surface area contributed by atoms with Crippen molar-refractivity contribution in [3.05, 3.63) is 64.8 Å². The summed E-state index contributed by atoms with van der Waals surface area (Å²) in [5.41, 5.74) is 2.37. The maximum absolute atomic E-state index is 13.0. The average molecular weight is 372 g/mol. The van der Waals surface area contributed by atoms with E-state index in [2.05, 4.69) is 10.1 Å². The summed E-state index contributed by atoms with van der Waals surface area (Å²) in [7, 11) is 0. The number of aryl methyl sites for hydroxylation is 1. The number of anilines is 1. The number of rotatable bonds is 3. The average Bonchev–Trinajstić information content (AvgIpc) is 3.25. The molecule has 26 heavy (non-hydrogen) atoms. The molecule has 4 rings (SSSR count). The molecule has 0 saturated carbocycles. The van der Waals surface area contributed by atoms with Gasteiger partial charge >= 0.3 is 0 Å². The molecule has 0 bridgehead atoms. The first-order valence-corrected chi connectivity index (χ1v) is 8.55. The first kappa shape index (κ1) is 16.7. The molecule has 0 spiro atoms. The van der Waals surface area contributed by atoms with Gasteiger partial charge in [0.15, 0.2) is 0 Å². The lowest BCUT2D eigenvalue weighted by molar-refractivity contribution is -0.117. The Hall–Kier alpha value is -2.73. The normalized spacial score (nSPS) is 17.1. The van der Waals surface area contributed by atoms with Gasteiger partial charge in [0.05, 0.1) is 5.92 Å². The van der Waals surface area contributed by atoms with Crippen molar-refractivity contribution < 1.29 is 13.7 Å². The fourth-order valence-corrected chi connectivity index (χ4v) is 3.16. The van der Waals surface area contributed by atoms with Crippen molar-refractivity contribution in [1.82, 2.24) is 10.1 Å². The Balaban J connectivity index is 1.55. The maximum Gasteiger partial charge on any atom is 0.232 e. The first-order chi connectivity index (χ1) is 12.5. The van der Waals surface area contributed by atoms with E-state index in [9.17, 15) is 9.18 Å². The highest BCUT2D eigenvalue weighted by Crippen LogP contribution is 2.33. The third-order valence-electron chi connectivity index (χ3n) is 4.49. The van der Waals surface area contributed by atoms with Crippen molar-refractivity contribution >= 4 is 23.2 Å². The largest absolute Gasteiger partial charge is 0.339 e. The van der Waals surface area contributed by atoms with Gasteiger partial charge in [-0.2, -0.15) is 4.98 Å². The minimum atomic E-state index is -0.328. The minimum absolute atomic E-state index is 0.0172. The molecule has 3 aromatic rings. The molecule has 1 saturated heterocycles. The molecule has 1 fully saturated rings. The summed E-state index contributed by atoms with van der Waals surface area (Å²) in [6, 6.07) is 11.4. The van der Waals surface area contributed by atoms with Crippen LogP contribution in [0.3, 0.4) is 0 Å². The molecule has 5 nitrogen and oxygen atoms in total. The Bertz CT molecular complexity index is 971. The molecule has 1 aliphatic rings. The lowest BCUT2D eigenvalue weighted by Gasteiger charge is -2.17. The van der Waals surface area contributed by atoms with Crippen LogP contribution in [0.4, 0.5) is 10.1 Å². The number of hydrogen-bond acceptors (Lipinski definition) is 4. The molecule has 1 amide bonds. The second-order valence-electron chi connectivity index (χ2n) is 6.30. The van der Waals surface area contributed by atoms with Crippen molar-refractivity contribution in [3.63, 3.8) is 0 Å². The van der Waals surface area contributed by atoms with Crippen LogP contribution in [0.5, 0.6) is 0 Å². The zero-order chi connectivity index (χ0) is 18.3. The highest BCUT2D eigenvalue weighted by Gasteiger charge is 2.35. The number of carbonyl (C=O) groups is 1. The molecule has 2 aromatic carbocycles. The molecule has 1 aliphatic heterocycles. The standard InChI is InChI=1S/C19H15ClFN3O2/c1-11-2-7-15(9-16(11)20)24-10-13(8-17(24)25)19-22-18(23-26-19)12-3-5-14(21)6-4-12/h2-7,9,13H,8,10H2,1H3. The van der Waals surface area contributed by atoms with E-state index in [0.717, 1.165) is 11.3 Å². The number of nitrogens with zero attached hydrogens (tertiary/aromatic N) is 3. The molecule has 1 aromatic heterocycles. The number of aromatic nitrogens is 2. The van der Waals surface area contributed by atoms with Crippen molar-refractivity contribution in [2.75, 3.05) is 11.4 Å². The summed E-state index contributed by atoms with van der Waals surface area (Å²) in [5.74, 6) is 0.245. The quantitative estimate of drug-likeness (QED) is 0.686. The lowest BCUT2D eigenvalue weighted by Crippen LogP contribution is -2.24. The summed E-state index contributed by atoms with van der Waals surface area (Å²) in [6.45, 7) is 2.36.